The molecule has 4 rings (SSSR count). The van der Waals surface area contributed by atoms with Gasteiger partial charge in [0.05, 0.1) is 33.4 Å². The Balaban J connectivity index is 1.59. The van der Waals surface area contributed by atoms with Gasteiger partial charge in [0.2, 0.25) is 17.5 Å². The molecule has 8 nitrogen and oxygen atoms in total. The number of ether oxygens (including phenoxy) is 3. The number of hydrogen-bond donors (Lipinski definition) is 0. The fourth-order valence-electron chi connectivity index (χ4n) is 4.01. The van der Waals surface area contributed by atoms with Crippen molar-refractivity contribution in [2.75, 3.05) is 27.9 Å². The summed E-state index contributed by atoms with van der Waals surface area (Å²) in [5.74, 6) is 2.61. The number of methoxy groups -OCH3 is 3. The fraction of sp³-hybridized carbons (Fsp3) is 0.409. The van der Waals surface area contributed by atoms with Crippen molar-refractivity contribution < 1.29 is 18.7 Å². The Labute approximate surface area is 175 Å². The number of nitrogens with zero attached hydrogens (tertiary/aromatic N) is 4. The summed E-state index contributed by atoms with van der Waals surface area (Å²) in [6.45, 7) is 1.57. The zero-order valence-corrected chi connectivity index (χ0v) is 17.5. The first kappa shape index (κ1) is 20.2. The van der Waals surface area contributed by atoms with Crippen molar-refractivity contribution in [3.8, 4) is 28.6 Å². The number of aromatic nitrogens is 3. The number of hydrogen-bond acceptors (Lipinski definition) is 8. The molecular formula is C22H26N4O4. The summed E-state index contributed by atoms with van der Waals surface area (Å²) in [6.07, 6.45) is 7.19. The van der Waals surface area contributed by atoms with Crippen molar-refractivity contribution in [2.24, 2.45) is 0 Å². The minimum atomic E-state index is 0.304. The maximum Gasteiger partial charge on any atom is 0.241 e. The summed E-state index contributed by atoms with van der Waals surface area (Å²) in [5.41, 5.74) is 1.91. The van der Waals surface area contributed by atoms with Crippen LogP contribution in [0.3, 0.4) is 0 Å². The molecule has 0 bridgehead atoms. The smallest absolute Gasteiger partial charge is 0.241 e. The third-order valence-electron chi connectivity index (χ3n) is 5.43. The fourth-order valence-corrected chi connectivity index (χ4v) is 4.01. The van der Waals surface area contributed by atoms with Gasteiger partial charge in [-0.3, -0.25) is 9.88 Å². The zero-order chi connectivity index (χ0) is 20.9. The second-order valence-corrected chi connectivity index (χ2v) is 7.16. The van der Waals surface area contributed by atoms with Crippen LogP contribution >= 0.6 is 0 Å². The highest BCUT2D eigenvalue weighted by Crippen LogP contribution is 2.43. The lowest BCUT2D eigenvalue weighted by Crippen LogP contribution is -2.33. The molecule has 0 spiro atoms. The van der Waals surface area contributed by atoms with Gasteiger partial charge in [0, 0.05) is 18.4 Å². The molecule has 0 radical (unpaired) electrons. The number of piperidine rings is 1. The maximum atomic E-state index is 5.59. The summed E-state index contributed by atoms with van der Waals surface area (Å²) in [5, 5.41) is 4.19. The number of pyridine rings is 1. The van der Waals surface area contributed by atoms with E-state index in [1.54, 1.807) is 33.6 Å². The van der Waals surface area contributed by atoms with Crippen LogP contribution in [-0.2, 0) is 6.54 Å². The van der Waals surface area contributed by atoms with Gasteiger partial charge < -0.3 is 18.7 Å². The monoisotopic (exact) mass is 410 g/mol. The van der Waals surface area contributed by atoms with E-state index in [0.29, 0.717) is 47.1 Å². The zero-order valence-electron chi connectivity index (χ0n) is 17.5. The first-order chi connectivity index (χ1) is 14.7. The molecule has 0 N–H and O–H groups in total. The van der Waals surface area contributed by atoms with Gasteiger partial charge in [0.15, 0.2) is 11.5 Å². The van der Waals surface area contributed by atoms with E-state index in [4.69, 9.17) is 18.7 Å². The van der Waals surface area contributed by atoms with Crippen molar-refractivity contribution >= 4 is 0 Å². The molecule has 8 heteroatoms. The number of likely N-dealkylation sites (tertiary alicyclic amines) is 1. The Bertz CT molecular complexity index is 977. The molecule has 1 aliphatic rings. The van der Waals surface area contributed by atoms with Crippen LogP contribution in [0, 0.1) is 0 Å². The van der Waals surface area contributed by atoms with Crippen LogP contribution < -0.4 is 14.2 Å². The highest BCUT2D eigenvalue weighted by atomic mass is 16.5. The molecule has 0 saturated carbocycles. The number of rotatable bonds is 7. The van der Waals surface area contributed by atoms with E-state index in [-0.39, 0.29) is 0 Å². The molecule has 1 aromatic carbocycles. The topological polar surface area (TPSA) is 82.7 Å². The van der Waals surface area contributed by atoms with Crippen LogP contribution in [0.5, 0.6) is 17.2 Å². The van der Waals surface area contributed by atoms with Gasteiger partial charge in [-0.15, -0.1) is 0 Å². The summed E-state index contributed by atoms with van der Waals surface area (Å²) in [4.78, 5) is 11.3. The van der Waals surface area contributed by atoms with Crippen molar-refractivity contribution in [1.82, 2.24) is 20.0 Å². The molecular weight excluding hydrogens is 384 g/mol. The molecule has 0 unspecified atom stereocenters. The van der Waals surface area contributed by atoms with Gasteiger partial charge in [-0.05, 0) is 43.1 Å². The number of benzene rings is 1. The van der Waals surface area contributed by atoms with Crippen molar-refractivity contribution in [3.05, 3.63) is 48.1 Å². The molecule has 1 atom stereocenters. The van der Waals surface area contributed by atoms with Gasteiger partial charge in [-0.1, -0.05) is 17.6 Å². The molecule has 1 aliphatic heterocycles. The van der Waals surface area contributed by atoms with Gasteiger partial charge in [0.25, 0.3) is 0 Å². The quantitative estimate of drug-likeness (QED) is 0.580. The minimum absolute atomic E-state index is 0.304. The Morgan fingerprint density at radius 2 is 1.93 bits per heavy atom. The van der Waals surface area contributed by atoms with Crippen molar-refractivity contribution in [2.45, 2.75) is 31.8 Å². The Hall–Kier alpha value is -3.13. The average molecular weight is 410 g/mol. The lowest BCUT2D eigenvalue weighted by atomic mass is 9.96. The van der Waals surface area contributed by atoms with Gasteiger partial charge in [0.1, 0.15) is 0 Å². The first-order valence-electron chi connectivity index (χ1n) is 10.0. The summed E-state index contributed by atoms with van der Waals surface area (Å²) < 4.78 is 22.0. The van der Waals surface area contributed by atoms with Crippen LogP contribution in [0.2, 0.25) is 0 Å². The molecule has 0 amide bonds. The largest absolute Gasteiger partial charge is 0.493 e. The molecule has 1 fully saturated rings. The Morgan fingerprint density at radius 1 is 1.07 bits per heavy atom. The average Bonchev–Trinajstić information content (AvgIpc) is 3.27. The predicted molar refractivity (Wildman–Crippen MR) is 111 cm³/mol. The normalized spacial score (nSPS) is 17.0. The second-order valence-electron chi connectivity index (χ2n) is 7.16. The lowest BCUT2D eigenvalue weighted by Gasteiger charge is -2.34. The molecule has 2 aromatic heterocycles. The molecule has 0 aliphatic carbocycles. The summed E-state index contributed by atoms with van der Waals surface area (Å²) in [7, 11) is 4.73. The minimum Gasteiger partial charge on any atom is -0.493 e. The maximum absolute atomic E-state index is 5.59. The van der Waals surface area contributed by atoms with Crippen molar-refractivity contribution in [1.29, 1.82) is 0 Å². The first-order valence-corrected chi connectivity index (χ1v) is 10.0. The lowest BCUT2D eigenvalue weighted by molar-refractivity contribution is 0.123. The third-order valence-corrected chi connectivity index (χ3v) is 5.43. The molecule has 158 valence electrons. The van der Waals surface area contributed by atoms with Crippen LogP contribution in [0.4, 0.5) is 0 Å². The van der Waals surface area contributed by atoms with E-state index in [2.05, 4.69) is 26.1 Å². The van der Waals surface area contributed by atoms with Crippen LogP contribution in [0.25, 0.3) is 11.4 Å². The van der Waals surface area contributed by atoms with Crippen LogP contribution in [0.15, 0.2) is 41.2 Å². The molecule has 3 heterocycles. The highest BCUT2D eigenvalue weighted by Gasteiger charge is 2.27. The second kappa shape index (κ2) is 9.13. The molecule has 1 saturated heterocycles. The van der Waals surface area contributed by atoms with Crippen LogP contribution in [-0.4, -0.2) is 47.9 Å². The SMILES string of the molecule is COc1ccc(-c2noc(CN3CCCC[C@@H]3c3cccnc3)n2)c(OC)c1OC. The van der Waals surface area contributed by atoms with E-state index < -0.39 is 0 Å². The predicted octanol–water partition coefficient (Wildman–Crippen LogP) is 3.88. The Kier molecular flexibility index (Phi) is 6.13. The van der Waals surface area contributed by atoms with E-state index in [1.165, 1.54) is 12.0 Å². The van der Waals surface area contributed by atoms with E-state index >= 15 is 0 Å². The molecule has 3 aromatic rings. The van der Waals surface area contributed by atoms with Gasteiger partial charge in [-0.25, -0.2) is 0 Å². The van der Waals surface area contributed by atoms with Gasteiger partial charge >= 0.3 is 0 Å². The van der Waals surface area contributed by atoms with E-state index in [9.17, 15) is 0 Å². The van der Waals surface area contributed by atoms with Crippen molar-refractivity contribution in [3.63, 3.8) is 0 Å². The highest BCUT2D eigenvalue weighted by molar-refractivity contribution is 5.72. The van der Waals surface area contributed by atoms with E-state index in [0.717, 1.165) is 19.4 Å². The Morgan fingerprint density at radius 3 is 2.67 bits per heavy atom. The molecule has 30 heavy (non-hydrogen) atoms. The summed E-state index contributed by atoms with van der Waals surface area (Å²) >= 11 is 0. The van der Waals surface area contributed by atoms with Gasteiger partial charge in [-0.2, -0.15) is 4.98 Å². The van der Waals surface area contributed by atoms with Crippen LogP contribution in [0.1, 0.15) is 36.8 Å². The standard InChI is InChI=1S/C22H26N4O4/c1-27-18-10-9-16(20(28-2)21(18)29-3)22-24-19(30-25-22)14-26-12-5-4-8-17(26)15-7-6-11-23-13-15/h6-7,9-11,13,17H,4-5,8,12,14H2,1-3H3/t17-/m1/s1. The van der Waals surface area contributed by atoms with E-state index in [1.807, 2.05) is 18.3 Å². The summed E-state index contributed by atoms with van der Waals surface area (Å²) in [6, 6.07) is 8.06. The third kappa shape index (κ3) is 3.95.